The van der Waals surface area contributed by atoms with Crippen LogP contribution >= 0.6 is 11.8 Å². The molecule has 0 heterocycles. The van der Waals surface area contributed by atoms with Gasteiger partial charge in [-0.1, -0.05) is 86.0 Å². The molecule has 0 aromatic heterocycles. The zero-order valence-electron chi connectivity index (χ0n) is 13.5. The minimum Gasteiger partial charge on any atom is -0.388 e. The third kappa shape index (κ3) is 5.16. The van der Waals surface area contributed by atoms with Crippen LogP contribution in [-0.2, 0) is 0 Å². The van der Waals surface area contributed by atoms with Gasteiger partial charge < -0.3 is 5.11 Å². The molecule has 2 rings (SSSR count). The summed E-state index contributed by atoms with van der Waals surface area (Å²) in [5.74, 6) is 0. The first-order valence-electron chi connectivity index (χ1n) is 7.63. The summed E-state index contributed by atoms with van der Waals surface area (Å²) in [5, 5.41) is 10.4. The summed E-state index contributed by atoms with van der Waals surface area (Å²) in [6, 6.07) is 20.4. The van der Waals surface area contributed by atoms with E-state index in [-0.39, 0.29) is 0 Å². The molecule has 1 atom stereocenters. The first-order valence-corrected chi connectivity index (χ1v) is 11.9. The maximum atomic E-state index is 10.4. The smallest absolute Gasteiger partial charge is 0.0857 e. The number of aliphatic hydroxyl groups excluding tert-OH is 1. The predicted octanol–water partition coefficient (Wildman–Crippen LogP) is 5.66. The van der Waals surface area contributed by atoms with Crippen molar-refractivity contribution in [1.82, 2.24) is 0 Å². The molecule has 22 heavy (non-hydrogen) atoms. The molecule has 0 fully saturated rings. The van der Waals surface area contributed by atoms with E-state index in [4.69, 9.17) is 0 Å². The lowest BCUT2D eigenvalue weighted by molar-refractivity contribution is 0.181. The van der Waals surface area contributed by atoms with Crippen molar-refractivity contribution in [1.29, 1.82) is 0 Å². The normalized spacial score (nSPS) is 13.9. The van der Waals surface area contributed by atoms with Gasteiger partial charge in [0.05, 0.1) is 14.2 Å². The largest absolute Gasteiger partial charge is 0.388 e. The average Bonchev–Trinajstić information content (AvgIpc) is 2.52. The van der Waals surface area contributed by atoms with Crippen LogP contribution in [0.25, 0.3) is 0 Å². The molecule has 0 aliphatic carbocycles. The van der Waals surface area contributed by atoms with Crippen molar-refractivity contribution in [3.63, 3.8) is 0 Å². The fraction of sp³-hybridized carbons (Fsp3) is 0.263. The highest BCUT2D eigenvalue weighted by molar-refractivity contribution is 8.05. The number of benzene rings is 2. The highest BCUT2D eigenvalue weighted by Crippen LogP contribution is 2.34. The zero-order valence-corrected chi connectivity index (χ0v) is 15.3. The van der Waals surface area contributed by atoms with Crippen LogP contribution in [0.3, 0.4) is 0 Å². The van der Waals surface area contributed by atoms with Crippen LogP contribution in [0.15, 0.2) is 76.2 Å². The van der Waals surface area contributed by atoms with E-state index in [1.807, 2.05) is 48.2 Å². The van der Waals surface area contributed by atoms with Crippen molar-refractivity contribution in [2.24, 2.45) is 0 Å². The van der Waals surface area contributed by atoms with Crippen molar-refractivity contribution in [3.05, 3.63) is 76.8 Å². The molecule has 1 nitrogen and oxygen atoms in total. The van der Waals surface area contributed by atoms with Crippen LogP contribution in [-0.4, -0.2) is 13.2 Å². The molecule has 2 aromatic rings. The van der Waals surface area contributed by atoms with Gasteiger partial charge in [0.15, 0.2) is 0 Å². The zero-order chi connectivity index (χ0) is 16.0. The lowest BCUT2D eigenvalue weighted by atomic mass is 10.1. The molecule has 1 N–H and O–H groups in total. The van der Waals surface area contributed by atoms with E-state index in [9.17, 15) is 5.11 Å². The summed E-state index contributed by atoms with van der Waals surface area (Å²) < 4.78 is 1.42. The van der Waals surface area contributed by atoms with E-state index in [2.05, 4.69) is 50.0 Å². The average molecular weight is 329 g/mol. The quantitative estimate of drug-likeness (QED) is 0.545. The van der Waals surface area contributed by atoms with E-state index >= 15 is 0 Å². The van der Waals surface area contributed by atoms with Gasteiger partial charge in [-0.3, -0.25) is 0 Å². The molecule has 0 spiro atoms. The van der Waals surface area contributed by atoms with Crippen molar-refractivity contribution < 1.29 is 5.11 Å². The van der Waals surface area contributed by atoms with Gasteiger partial charge in [0.1, 0.15) is 0 Å². The van der Waals surface area contributed by atoms with Gasteiger partial charge in [-0.05, 0) is 28.6 Å². The number of rotatable bonds is 6. The molecule has 2 aromatic carbocycles. The second-order valence-corrected chi connectivity index (χ2v) is 12.9. The third-order valence-electron chi connectivity index (χ3n) is 3.42. The summed E-state index contributed by atoms with van der Waals surface area (Å²) in [6.45, 7) is 7.05. The molecule has 0 amide bonds. The first kappa shape index (κ1) is 17.1. The second-order valence-electron chi connectivity index (χ2n) is 6.40. The Kier molecular flexibility index (Phi) is 6.06. The van der Waals surface area contributed by atoms with Crippen molar-refractivity contribution in [3.8, 4) is 0 Å². The van der Waals surface area contributed by atoms with Crippen LogP contribution in [0.2, 0.25) is 19.6 Å². The van der Waals surface area contributed by atoms with E-state index in [1.54, 1.807) is 0 Å². The van der Waals surface area contributed by atoms with Gasteiger partial charge in [0.25, 0.3) is 0 Å². The van der Waals surface area contributed by atoms with Crippen molar-refractivity contribution in [2.75, 3.05) is 0 Å². The Balaban J connectivity index is 2.12. The molecule has 3 heteroatoms. The van der Waals surface area contributed by atoms with E-state index < -0.39 is 14.2 Å². The number of hydrogen-bond acceptors (Lipinski definition) is 2. The lowest BCUT2D eigenvalue weighted by Gasteiger charge is -2.21. The molecule has 0 saturated heterocycles. The molecule has 0 bridgehead atoms. The van der Waals surface area contributed by atoms with E-state index in [1.165, 1.54) is 9.42 Å². The molecule has 0 aliphatic heterocycles. The number of hydrogen-bond donors (Lipinski definition) is 1. The van der Waals surface area contributed by atoms with E-state index in [0.29, 0.717) is 6.42 Å². The Labute approximate surface area is 139 Å². The summed E-state index contributed by atoms with van der Waals surface area (Å²) in [7, 11) is -1.42. The van der Waals surface area contributed by atoms with E-state index in [0.717, 1.165) is 5.56 Å². The van der Waals surface area contributed by atoms with Crippen LogP contribution < -0.4 is 0 Å². The van der Waals surface area contributed by atoms with Gasteiger partial charge in [-0.2, -0.15) is 0 Å². The summed E-state index contributed by atoms with van der Waals surface area (Å²) in [5.41, 5.74) is 0.985. The highest BCUT2D eigenvalue weighted by Gasteiger charge is 2.21. The van der Waals surface area contributed by atoms with Crippen LogP contribution in [0.4, 0.5) is 0 Å². The standard InChI is InChI=1S/C19H24OSSi/c1-22(2,3)19(21-17-12-8-5-9-13-17)15-14-18(20)16-10-6-4-7-11-16/h4-13,15,18,20H,14H2,1-3H3/b19-15+. The summed E-state index contributed by atoms with van der Waals surface area (Å²) in [6.07, 6.45) is 2.48. The third-order valence-corrected chi connectivity index (χ3v) is 8.14. The number of aliphatic hydroxyl groups is 1. The second kappa shape index (κ2) is 7.81. The molecule has 0 radical (unpaired) electrons. The van der Waals surface area contributed by atoms with Gasteiger partial charge in [0.2, 0.25) is 0 Å². The van der Waals surface area contributed by atoms with Crippen LogP contribution in [0.5, 0.6) is 0 Å². The predicted molar refractivity (Wildman–Crippen MR) is 99.7 cm³/mol. The molecule has 0 saturated carbocycles. The van der Waals surface area contributed by atoms with Crippen molar-refractivity contribution >= 4 is 19.8 Å². The minimum atomic E-state index is -1.42. The SMILES string of the molecule is C[Si](C)(C)/C(=C/CC(O)c1ccccc1)Sc1ccccc1. The maximum absolute atomic E-state index is 10.4. The van der Waals surface area contributed by atoms with Gasteiger partial charge in [-0.15, -0.1) is 0 Å². The summed E-state index contributed by atoms with van der Waals surface area (Å²) >= 11 is 1.84. The fourth-order valence-corrected chi connectivity index (χ4v) is 5.18. The highest BCUT2D eigenvalue weighted by atomic mass is 32.2. The topological polar surface area (TPSA) is 20.2 Å². The molecular formula is C19H24OSSi. The molecule has 1 unspecified atom stereocenters. The van der Waals surface area contributed by atoms with Gasteiger partial charge in [-0.25, -0.2) is 0 Å². The summed E-state index contributed by atoms with van der Waals surface area (Å²) in [4.78, 5) is 1.27. The Bertz CT molecular complexity index is 602. The molecule has 0 aliphatic rings. The van der Waals surface area contributed by atoms with Crippen LogP contribution in [0, 0.1) is 0 Å². The Hall–Kier alpha value is -1.29. The maximum Gasteiger partial charge on any atom is 0.0857 e. The molecule has 116 valence electrons. The van der Waals surface area contributed by atoms with Crippen LogP contribution in [0.1, 0.15) is 18.1 Å². The Morgan fingerprint density at radius 1 is 1.00 bits per heavy atom. The first-order chi connectivity index (χ1) is 10.5. The molecular weight excluding hydrogens is 304 g/mol. The minimum absolute atomic E-state index is 0.427. The van der Waals surface area contributed by atoms with Crippen molar-refractivity contribution in [2.45, 2.75) is 37.1 Å². The Morgan fingerprint density at radius 2 is 1.55 bits per heavy atom. The number of thioether (sulfide) groups is 1. The fourth-order valence-electron chi connectivity index (χ4n) is 2.15. The van der Waals surface area contributed by atoms with Gasteiger partial charge >= 0.3 is 0 Å². The lowest BCUT2D eigenvalue weighted by Crippen LogP contribution is -2.22. The van der Waals surface area contributed by atoms with Gasteiger partial charge in [0, 0.05) is 4.90 Å². The Morgan fingerprint density at radius 3 is 2.09 bits per heavy atom. The monoisotopic (exact) mass is 328 g/mol.